The minimum Gasteiger partial charge on any atom is -0.481 e. The Bertz CT molecular complexity index is 445. The van der Waals surface area contributed by atoms with Gasteiger partial charge in [-0.2, -0.15) is 0 Å². The van der Waals surface area contributed by atoms with Crippen LogP contribution in [0.5, 0.6) is 0 Å². The number of nitrogens with one attached hydrogen (secondary N) is 1. The first kappa shape index (κ1) is 15.6. The summed E-state index contributed by atoms with van der Waals surface area (Å²) in [6, 6.07) is -0.405. The van der Waals surface area contributed by atoms with Crippen LogP contribution in [0.4, 0.5) is 0 Å². The lowest BCUT2D eigenvalue weighted by Gasteiger charge is -2.16. The van der Waals surface area contributed by atoms with E-state index in [0.717, 1.165) is 11.8 Å². The molecule has 2 N–H and O–H groups in total. The number of carbonyl (C=O) groups excluding carboxylic acids is 1. The number of aliphatic carboxylic acids is 1. The SMILES string of the molecule is CC(C)CNC(=O)C(C)n1ccnc1SCC(=O)O. The van der Waals surface area contributed by atoms with Gasteiger partial charge >= 0.3 is 5.97 Å². The van der Waals surface area contributed by atoms with Gasteiger partial charge in [-0.3, -0.25) is 9.59 Å². The summed E-state index contributed by atoms with van der Waals surface area (Å²) in [5.74, 6) is -0.683. The fraction of sp³-hybridized carbons (Fsp3) is 0.583. The Labute approximate surface area is 116 Å². The summed E-state index contributed by atoms with van der Waals surface area (Å²) in [5, 5.41) is 12.0. The third-order valence-corrected chi connectivity index (χ3v) is 3.40. The minimum absolute atomic E-state index is 0.0721. The molecule has 0 aromatic carbocycles. The molecule has 1 heterocycles. The van der Waals surface area contributed by atoms with Crippen molar-refractivity contribution in [1.29, 1.82) is 0 Å². The van der Waals surface area contributed by atoms with Crippen LogP contribution in [0, 0.1) is 5.92 Å². The molecule has 0 saturated heterocycles. The Hall–Kier alpha value is -1.50. The van der Waals surface area contributed by atoms with Gasteiger partial charge in [-0.15, -0.1) is 0 Å². The van der Waals surface area contributed by atoms with E-state index < -0.39 is 12.0 Å². The zero-order chi connectivity index (χ0) is 14.4. The van der Waals surface area contributed by atoms with Crippen LogP contribution < -0.4 is 5.32 Å². The van der Waals surface area contributed by atoms with Crippen LogP contribution in [-0.2, 0) is 9.59 Å². The summed E-state index contributed by atoms with van der Waals surface area (Å²) >= 11 is 1.10. The molecule has 1 aromatic heterocycles. The van der Waals surface area contributed by atoms with E-state index in [9.17, 15) is 9.59 Å². The number of rotatable bonds is 7. The van der Waals surface area contributed by atoms with Gasteiger partial charge in [0.1, 0.15) is 6.04 Å². The van der Waals surface area contributed by atoms with Gasteiger partial charge in [-0.25, -0.2) is 4.98 Å². The number of carboxylic acids is 1. The predicted molar refractivity (Wildman–Crippen MR) is 73.1 cm³/mol. The van der Waals surface area contributed by atoms with Gasteiger partial charge in [0.15, 0.2) is 5.16 Å². The van der Waals surface area contributed by atoms with Crippen molar-refractivity contribution >= 4 is 23.6 Å². The number of hydrogen-bond donors (Lipinski definition) is 2. The molecule has 1 amide bonds. The van der Waals surface area contributed by atoms with Crippen molar-refractivity contribution in [3.05, 3.63) is 12.4 Å². The highest BCUT2D eigenvalue weighted by Crippen LogP contribution is 2.20. The van der Waals surface area contributed by atoms with Crippen molar-refractivity contribution in [1.82, 2.24) is 14.9 Å². The van der Waals surface area contributed by atoms with E-state index in [4.69, 9.17) is 5.11 Å². The third-order valence-electron chi connectivity index (χ3n) is 2.44. The van der Waals surface area contributed by atoms with Gasteiger partial charge in [0, 0.05) is 18.9 Å². The summed E-state index contributed by atoms with van der Waals surface area (Å²) in [7, 11) is 0. The highest BCUT2D eigenvalue weighted by molar-refractivity contribution is 7.99. The van der Waals surface area contributed by atoms with Crippen molar-refractivity contribution < 1.29 is 14.7 Å². The van der Waals surface area contributed by atoms with Crippen LogP contribution in [0.1, 0.15) is 26.8 Å². The second-order valence-electron chi connectivity index (χ2n) is 4.61. The number of carbonyl (C=O) groups is 2. The number of carboxylic acid groups (broad SMARTS) is 1. The van der Waals surface area contributed by atoms with Crippen molar-refractivity contribution in [3.63, 3.8) is 0 Å². The molecule has 7 heteroatoms. The number of nitrogens with zero attached hydrogens (tertiary/aromatic N) is 2. The number of aromatic nitrogens is 2. The molecule has 0 radical (unpaired) electrons. The number of thioether (sulfide) groups is 1. The fourth-order valence-corrected chi connectivity index (χ4v) is 2.17. The Morgan fingerprint density at radius 3 is 2.74 bits per heavy atom. The van der Waals surface area contributed by atoms with Crippen LogP contribution in [0.3, 0.4) is 0 Å². The summed E-state index contributed by atoms with van der Waals surface area (Å²) in [4.78, 5) is 26.6. The molecule has 106 valence electrons. The van der Waals surface area contributed by atoms with E-state index in [-0.39, 0.29) is 11.7 Å². The largest absolute Gasteiger partial charge is 0.481 e. The first-order chi connectivity index (χ1) is 8.91. The lowest BCUT2D eigenvalue weighted by Crippen LogP contribution is -2.33. The average Bonchev–Trinajstić information content (AvgIpc) is 2.80. The molecular formula is C12H19N3O3S. The Morgan fingerprint density at radius 1 is 1.47 bits per heavy atom. The first-order valence-electron chi connectivity index (χ1n) is 6.07. The van der Waals surface area contributed by atoms with Crippen LogP contribution in [0.25, 0.3) is 0 Å². The Morgan fingerprint density at radius 2 is 2.16 bits per heavy atom. The van der Waals surface area contributed by atoms with E-state index in [1.165, 1.54) is 0 Å². The van der Waals surface area contributed by atoms with Crippen molar-refractivity contribution in [2.45, 2.75) is 32.0 Å². The second-order valence-corrected chi connectivity index (χ2v) is 5.56. The normalized spacial score (nSPS) is 12.4. The molecule has 0 aliphatic rings. The molecule has 0 saturated carbocycles. The lowest BCUT2D eigenvalue weighted by atomic mass is 10.2. The molecular weight excluding hydrogens is 266 g/mol. The maximum atomic E-state index is 12.0. The molecule has 6 nitrogen and oxygen atoms in total. The van der Waals surface area contributed by atoms with Gasteiger partial charge in [-0.1, -0.05) is 25.6 Å². The average molecular weight is 285 g/mol. The lowest BCUT2D eigenvalue weighted by molar-refractivity contribution is -0.133. The molecule has 1 atom stereocenters. The number of imidazole rings is 1. The van der Waals surface area contributed by atoms with Crippen LogP contribution in [0.15, 0.2) is 17.6 Å². The molecule has 0 fully saturated rings. The van der Waals surface area contributed by atoms with E-state index in [2.05, 4.69) is 10.3 Å². The van der Waals surface area contributed by atoms with Gasteiger partial charge < -0.3 is 15.0 Å². The van der Waals surface area contributed by atoms with E-state index in [0.29, 0.717) is 17.6 Å². The third kappa shape index (κ3) is 4.94. The smallest absolute Gasteiger partial charge is 0.313 e. The molecule has 1 rings (SSSR count). The van der Waals surface area contributed by atoms with Gasteiger partial charge in [0.25, 0.3) is 0 Å². The second kappa shape index (κ2) is 7.18. The molecule has 19 heavy (non-hydrogen) atoms. The summed E-state index contributed by atoms with van der Waals surface area (Å²) in [6.45, 7) is 6.43. The van der Waals surface area contributed by atoms with Crippen molar-refractivity contribution in [2.24, 2.45) is 5.92 Å². The number of hydrogen-bond acceptors (Lipinski definition) is 4. The predicted octanol–water partition coefficient (Wildman–Crippen LogP) is 1.39. The number of amides is 1. The first-order valence-corrected chi connectivity index (χ1v) is 7.05. The Balaban J connectivity index is 2.65. The van der Waals surface area contributed by atoms with Crippen molar-refractivity contribution in [2.75, 3.05) is 12.3 Å². The molecule has 1 unspecified atom stereocenters. The quantitative estimate of drug-likeness (QED) is 0.740. The molecule has 0 bridgehead atoms. The van der Waals surface area contributed by atoms with Crippen LogP contribution >= 0.6 is 11.8 Å². The van der Waals surface area contributed by atoms with E-state index >= 15 is 0 Å². The monoisotopic (exact) mass is 285 g/mol. The van der Waals surface area contributed by atoms with Crippen LogP contribution in [0.2, 0.25) is 0 Å². The summed E-state index contributed by atoms with van der Waals surface area (Å²) < 4.78 is 1.68. The maximum absolute atomic E-state index is 12.0. The molecule has 0 spiro atoms. The van der Waals surface area contributed by atoms with Gasteiger partial charge in [-0.05, 0) is 12.8 Å². The fourth-order valence-electron chi connectivity index (χ4n) is 1.41. The minimum atomic E-state index is -0.906. The van der Waals surface area contributed by atoms with Gasteiger partial charge in [0.05, 0.1) is 5.75 Å². The van der Waals surface area contributed by atoms with E-state index in [1.54, 1.807) is 23.9 Å². The highest BCUT2D eigenvalue weighted by Gasteiger charge is 2.18. The highest BCUT2D eigenvalue weighted by atomic mass is 32.2. The molecule has 0 aliphatic heterocycles. The zero-order valence-electron chi connectivity index (χ0n) is 11.3. The van der Waals surface area contributed by atoms with E-state index in [1.807, 2.05) is 13.8 Å². The summed E-state index contributed by atoms with van der Waals surface area (Å²) in [5.41, 5.74) is 0. The van der Waals surface area contributed by atoms with Gasteiger partial charge in [0.2, 0.25) is 5.91 Å². The molecule has 1 aromatic rings. The van der Waals surface area contributed by atoms with Crippen molar-refractivity contribution in [3.8, 4) is 0 Å². The summed E-state index contributed by atoms with van der Waals surface area (Å²) in [6.07, 6.45) is 3.25. The topological polar surface area (TPSA) is 84.2 Å². The Kier molecular flexibility index (Phi) is 5.88. The molecule has 0 aliphatic carbocycles. The standard InChI is InChI=1S/C12H19N3O3S/c1-8(2)6-14-11(18)9(3)15-5-4-13-12(15)19-7-10(16)17/h4-5,8-9H,6-7H2,1-3H3,(H,14,18)(H,16,17). The maximum Gasteiger partial charge on any atom is 0.313 e. The van der Waals surface area contributed by atoms with Crippen LogP contribution in [-0.4, -0.2) is 38.8 Å². The zero-order valence-corrected chi connectivity index (χ0v) is 12.1.